The van der Waals surface area contributed by atoms with E-state index in [1.165, 1.54) is 218 Å². The Morgan fingerprint density at radius 2 is 0.694 bits per heavy atom. The number of rotatable bonds is 35. The summed E-state index contributed by atoms with van der Waals surface area (Å²) in [6.45, 7) is 4.61. The van der Waals surface area contributed by atoms with Crippen LogP contribution >= 0.6 is 0 Å². The van der Waals surface area contributed by atoms with Crippen molar-refractivity contribution >= 4 is 10.1 Å². The predicted molar refractivity (Wildman–Crippen MR) is 211 cm³/mol. The van der Waals surface area contributed by atoms with E-state index in [0.29, 0.717) is 6.04 Å². The zero-order chi connectivity index (χ0) is 36.1. The molecular weight excluding hydrogens is 627 g/mol. The second kappa shape index (κ2) is 36.7. The Bertz CT molecular complexity index is 854. The van der Waals surface area contributed by atoms with Crippen LogP contribution in [-0.2, 0) is 10.1 Å². The topological polar surface area (TPSA) is 105 Å². The number of hydrogen-bond donors (Lipinski definition) is 2. The van der Waals surface area contributed by atoms with E-state index in [1.54, 1.807) is 0 Å². The molecule has 5 nitrogen and oxygen atoms in total. The van der Waals surface area contributed by atoms with Crippen LogP contribution in [0.4, 0.5) is 0 Å². The highest BCUT2D eigenvalue weighted by atomic mass is 32.2. The van der Waals surface area contributed by atoms with Gasteiger partial charge >= 0.3 is 0 Å². The van der Waals surface area contributed by atoms with Crippen molar-refractivity contribution in [1.29, 1.82) is 0 Å². The zero-order valence-electron chi connectivity index (χ0n) is 32.7. The van der Waals surface area contributed by atoms with Crippen LogP contribution in [0.25, 0.3) is 0 Å². The maximum Gasteiger partial charge on any atom is 0.124 e. The van der Waals surface area contributed by atoms with Crippen LogP contribution < -0.4 is 5.73 Å². The van der Waals surface area contributed by atoms with E-state index in [9.17, 15) is 13.0 Å². The first-order chi connectivity index (χ1) is 23.8. The number of unbranched alkanes of at least 4 members (excludes halogenated alkanes) is 30. The van der Waals surface area contributed by atoms with Crippen LogP contribution in [0.5, 0.6) is 5.75 Å². The molecule has 0 radical (unpaired) electrons. The molecule has 0 aliphatic heterocycles. The first-order valence-electron chi connectivity index (χ1n) is 21.4. The van der Waals surface area contributed by atoms with Crippen molar-refractivity contribution in [1.82, 2.24) is 0 Å². The van der Waals surface area contributed by atoms with Gasteiger partial charge in [0.15, 0.2) is 0 Å². The van der Waals surface area contributed by atoms with E-state index in [2.05, 4.69) is 19.6 Å². The summed E-state index contributed by atoms with van der Waals surface area (Å²) in [7, 11) is -4.38. The predicted octanol–water partition coefficient (Wildman–Crippen LogP) is 13.2. The molecule has 0 aromatic heterocycles. The molecule has 0 saturated carbocycles. The Hall–Kier alpha value is -1.11. The molecule has 0 aliphatic carbocycles. The van der Waals surface area contributed by atoms with Gasteiger partial charge < -0.3 is 15.4 Å². The van der Waals surface area contributed by atoms with Crippen LogP contribution in [-0.4, -0.2) is 24.1 Å². The van der Waals surface area contributed by atoms with Crippen LogP contribution in [0.15, 0.2) is 29.2 Å². The third-order valence-electron chi connectivity index (χ3n) is 10.1. The number of quaternary nitrogens is 1. The lowest BCUT2D eigenvalue weighted by atomic mass is 10.00. The molecule has 0 saturated heterocycles. The molecule has 1 aromatic carbocycles. The van der Waals surface area contributed by atoms with Gasteiger partial charge in [0.2, 0.25) is 0 Å². The van der Waals surface area contributed by atoms with Gasteiger partial charge in [0, 0.05) is 0 Å². The lowest BCUT2D eigenvalue weighted by Crippen LogP contribution is -2.60. The molecule has 49 heavy (non-hydrogen) atoms. The van der Waals surface area contributed by atoms with Crippen molar-refractivity contribution in [2.24, 2.45) is 0 Å². The van der Waals surface area contributed by atoms with Gasteiger partial charge in [-0.15, -0.1) is 0 Å². The van der Waals surface area contributed by atoms with Crippen molar-refractivity contribution in [3.05, 3.63) is 24.3 Å². The van der Waals surface area contributed by atoms with E-state index in [-0.39, 0.29) is 10.6 Å². The first kappa shape index (κ1) is 47.9. The van der Waals surface area contributed by atoms with Gasteiger partial charge in [-0.05, 0) is 49.9 Å². The van der Waals surface area contributed by atoms with Gasteiger partial charge in [0.25, 0.3) is 0 Å². The second-order valence-electron chi connectivity index (χ2n) is 15.0. The maximum atomic E-state index is 10.3. The van der Waals surface area contributed by atoms with Crippen LogP contribution in [0.2, 0.25) is 0 Å². The fourth-order valence-electron chi connectivity index (χ4n) is 6.72. The molecule has 0 aliphatic rings. The standard InChI is InChI=1S/C37H77N.C6H6O4S/c1-3-5-7-9-11-13-15-17-19-21-23-25-27-29-31-33-35-37(38)36-34-32-30-28-26-24-22-20-18-16-14-12-10-8-6-4-2;7-5-1-3-6(4-2-5)11(8,9)10/h37H,3-36,38H2,1-2H3;1-4,7H,(H,8,9,10). The average molecular weight is 710 g/mol. The first-order valence-corrected chi connectivity index (χ1v) is 22.8. The molecule has 4 N–H and O–H groups in total. The molecule has 0 bridgehead atoms. The fraction of sp³-hybridized carbons (Fsp3) is 0.860. The Morgan fingerprint density at radius 3 is 0.918 bits per heavy atom. The molecular formula is C43H83NO4S. The van der Waals surface area contributed by atoms with Crippen molar-refractivity contribution < 1.29 is 23.8 Å². The molecule has 1 aromatic rings. The number of phenols is 1. The molecule has 290 valence electrons. The van der Waals surface area contributed by atoms with Crippen molar-refractivity contribution in [3.63, 3.8) is 0 Å². The zero-order valence-corrected chi connectivity index (χ0v) is 33.5. The van der Waals surface area contributed by atoms with Crippen molar-refractivity contribution in [2.75, 3.05) is 0 Å². The monoisotopic (exact) mass is 710 g/mol. The van der Waals surface area contributed by atoms with Crippen molar-refractivity contribution in [3.8, 4) is 5.75 Å². The summed E-state index contributed by atoms with van der Waals surface area (Å²) < 4.78 is 30.9. The third kappa shape index (κ3) is 36.5. The van der Waals surface area contributed by atoms with Gasteiger partial charge in [0.05, 0.1) is 10.9 Å². The molecule has 1 rings (SSSR count). The average Bonchev–Trinajstić information content (AvgIpc) is 3.08. The number of hydrogen-bond acceptors (Lipinski definition) is 4. The second-order valence-corrected chi connectivity index (χ2v) is 16.4. The van der Waals surface area contributed by atoms with Gasteiger partial charge in [-0.3, -0.25) is 0 Å². The van der Waals surface area contributed by atoms with Gasteiger partial charge in [0.1, 0.15) is 15.9 Å². The number of benzene rings is 1. The summed E-state index contributed by atoms with van der Waals surface area (Å²) in [4.78, 5) is -0.338. The Balaban J connectivity index is 0.00000175. The normalized spacial score (nSPS) is 11.6. The third-order valence-corrected chi connectivity index (χ3v) is 10.9. The van der Waals surface area contributed by atoms with Crippen LogP contribution in [0.3, 0.4) is 0 Å². The highest BCUT2D eigenvalue weighted by molar-refractivity contribution is 7.85. The van der Waals surface area contributed by atoms with Gasteiger partial charge in [-0.25, -0.2) is 8.42 Å². The van der Waals surface area contributed by atoms with E-state index >= 15 is 0 Å². The molecule has 6 heteroatoms. The van der Waals surface area contributed by atoms with Crippen molar-refractivity contribution in [2.45, 2.75) is 243 Å². The largest absolute Gasteiger partial charge is 0.744 e. The van der Waals surface area contributed by atoms with Gasteiger partial charge in [-0.1, -0.05) is 206 Å². The summed E-state index contributed by atoms with van der Waals surface area (Å²) >= 11 is 0. The van der Waals surface area contributed by atoms with E-state index < -0.39 is 10.1 Å². The molecule has 0 fully saturated rings. The minimum absolute atomic E-state index is 0.0719. The van der Waals surface area contributed by atoms with Crippen LogP contribution in [0, 0.1) is 0 Å². The number of phenolic OH excluding ortho intramolecular Hbond substituents is 1. The van der Waals surface area contributed by atoms with Crippen LogP contribution in [0.1, 0.15) is 232 Å². The summed E-state index contributed by atoms with van der Waals surface area (Å²) in [5.41, 5.74) is 4.45. The Morgan fingerprint density at radius 1 is 0.469 bits per heavy atom. The fourth-order valence-corrected chi connectivity index (χ4v) is 7.19. The van der Waals surface area contributed by atoms with Gasteiger partial charge in [-0.2, -0.15) is 0 Å². The van der Waals surface area contributed by atoms with E-state index in [1.807, 2.05) is 0 Å². The SMILES string of the molecule is CCCCCCCCCCCCCCCCCCC([NH3+])CCCCCCCCCCCCCCCCCC.O=S(=O)([O-])c1ccc(O)cc1. The van der Waals surface area contributed by atoms with E-state index in [4.69, 9.17) is 5.11 Å². The molecule has 0 amide bonds. The number of aromatic hydroxyl groups is 1. The summed E-state index contributed by atoms with van der Waals surface area (Å²) in [5.74, 6) is -0.0719. The molecule has 0 unspecified atom stereocenters. The smallest absolute Gasteiger partial charge is 0.124 e. The minimum atomic E-state index is -4.38. The van der Waals surface area contributed by atoms with E-state index in [0.717, 1.165) is 24.3 Å². The lowest BCUT2D eigenvalue weighted by molar-refractivity contribution is -0.423. The quantitative estimate of drug-likeness (QED) is 0.0540. The lowest BCUT2D eigenvalue weighted by Gasteiger charge is -2.09. The highest BCUT2D eigenvalue weighted by Crippen LogP contribution is 2.17. The Kier molecular flexibility index (Phi) is 35.8. The summed E-state index contributed by atoms with van der Waals surface area (Å²) in [6, 6.07) is 5.11. The molecule has 0 spiro atoms. The molecule has 0 heterocycles. The highest BCUT2D eigenvalue weighted by Gasteiger charge is 2.06. The minimum Gasteiger partial charge on any atom is -0.744 e. The Labute approximate surface area is 306 Å². The summed E-state index contributed by atoms with van der Waals surface area (Å²) in [5, 5.41) is 8.73. The summed E-state index contributed by atoms with van der Waals surface area (Å²) in [6.07, 6.45) is 49.6. The maximum absolute atomic E-state index is 10.3. The molecule has 0 atom stereocenters.